The number of pyridine rings is 1. The van der Waals surface area contributed by atoms with Crippen molar-refractivity contribution in [3.05, 3.63) is 53.1 Å². The van der Waals surface area contributed by atoms with Crippen LogP contribution in [0.5, 0.6) is 0 Å². The van der Waals surface area contributed by atoms with Gasteiger partial charge in [0, 0.05) is 29.8 Å². The summed E-state index contributed by atoms with van der Waals surface area (Å²) in [5, 5.41) is 4.12. The number of benzene rings is 1. The third kappa shape index (κ3) is 2.34. The van der Waals surface area contributed by atoms with Crippen LogP contribution in [0, 0.1) is 5.82 Å². The van der Waals surface area contributed by atoms with Crippen molar-refractivity contribution >= 4 is 11.6 Å². The Kier molecular flexibility index (Phi) is 3.20. The lowest BCUT2D eigenvalue weighted by atomic mass is 9.84. The van der Waals surface area contributed by atoms with Crippen LogP contribution in [0.4, 0.5) is 4.39 Å². The third-order valence-corrected chi connectivity index (χ3v) is 5.04. The van der Waals surface area contributed by atoms with Gasteiger partial charge in [0.1, 0.15) is 11.0 Å². The summed E-state index contributed by atoms with van der Waals surface area (Å²) in [7, 11) is 0. The number of rotatable bonds is 2. The first kappa shape index (κ1) is 13.2. The average molecular weight is 303 g/mol. The Morgan fingerprint density at radius 1 is 1.19 bits per heavy atom. The molecule has 2 fully saturated rings. The SMILES string of the molecule is Fc1ccc(-c2cc([C@H]3C[C@@H]4CC[C@H]3N4)cnc2Cl)cc1. The van der Waals surface area contributed by atoms with E-state index < -0.39 is 0 Å². The van der Waals surface area contributed by atoms with Crippen molar-refractivity contribution in [1.82, 2.24) is 10.3 Å². The molecule has 2 aliphatic heterocycles. The predicted molar refractivity (Wildman–Crippen MR) is 81.9 cm³/mol. The number of hydrogen-bond acceptors (Lipinski definition) is 2. The van der Waals surface area contributed by atoms with E-state index in [2.05, 4.69) is 16.4 Å². The summed E-state index contributed by atoms with van der Waals surface area (Å²) in [6.45, 7) is 0. The lowest BCUT2D eigenvalue weighted by molar-refractivity contribution is 0.505. The molecule has 1 aromatic heterocycles. The molecular formula is C17H16ClFN2. The van der Waals surface area contributed by atoms with Crippen molar-refractivity contribution < 1.29 is 4.39 Å². The first-order chi connectivity index (χ1) is 10.2. The molecule has 108 valence electrons. The van der Waals surface area contributed by atoms with Crippen molar-refractivity contribution in [2.24, 2.45) is 0 Å². The lowest BCUT2D eigenvalue weighted by Crippen LogP contribution is -2.21. The van der Waals surface area contributed by atoms with Gasteiger partial charge in [-0.25, -0.2) is 9.37 Å². The van der Waals surface area contributed by atoms with E-state index in [0.717, 1.165) is 11.1 Å². The highest BCUT2D eigenvalue weighted by atomic mass is 35.5. The molecule has 0 saturated carbocycles. The summed E-state index contributed by atoms with van der Waals surface area (Å²) in [5.74, 6) is 0.281. The van der Waals surface area contributed by atoms with Gasteiger partial charge in [0.2, 0.25) is 0 Å². The monoisotopic (exact) mass is 302 g/mol. The summed E-state index contributed by atoms with van der Waals surface area (Å²) in [4.78, 5) is 4.35. The van der Waals surface area contributed by atoms with Gasteiger partial charge in [0.05, 0.1) is 0 Å². The van der Waals surface area contributed by atoms with E-state index in [9.17, 15) is 4.39 Å². The maximum atomic E-state index is 13.1. The molecule has 0 unspecified atom stereocenters. The van der Waals surface area contributed by atoms with Crippen LogP contribution in [0.1, 0.15) is 30.7 Å². The minimum absolute atomic E-state index is 0.240. The van der Waals surface area contributed by atoms with Crippen molar-refractivity contribution in [1.29, 1.82) is 0 Å². The number of nitrogens with one attached hydrogen (secondary N) is 1. The van der Waals surface area contributed by atoms with Gasteiger partial charge in [0.15, 0.2) is 0 Å². The van der Waals surface area contributed by atoms with E-state index >= 15 is 0 Å². The van der Waals surface area contributed by atoms with Crippen LogP contribution in [0.25, 0.3) is 11.1 Å². The molecule has 4 rings (SSSR count). The summed E-state index contributed by atoms with van der Waals surface area (Å²) in [6, 6.07) is 9.76. The van der Waals surface area contributed by atoms with Gasteiger partial charge >= 0.3 is 0 Å². The molecule has 1 aromatic carbocycles. The lowest BCUT2D eigenvalue weighted by Gasteiger charge is -2.21. The van der Waals surface area contributed by atoms with Crippen molar-refractivity contribution in [3.8, 4) is 11.1 Å². The van der Waals surface area contributed by atoms with Gasteiger partial charge in [0.25, 0.3) is 0 Å². The smallest absolute Gasteiger partial charge is 0.136 e. The van der Waals surface area contributed by atoms with Gasteiger partial charge in [-0.1, -0.05) is 23.7 Å². The summed E-state index contributed by atoms with van der Waals surface area (Å²) in [6.07, 6.45) is 5.59. The van der Waals surface area contributed by atoms with Crippen LogP contribution in [-0.4, -0.2) is 17.1 Å². The number of halogens is 2. The summed E-state index contributed by atoms with van der Waals surface area (Å²) in [5.41, 5.74) is 3.03. The van der Waals surface area contributed by atoms with E-state index in [1.165, 1.54) is 37.0 Å². The molecule has 0 radical (unpaired) electrons. The standard InChI is InChI=1S/C17H16ClFN2/c18-17-15(10-1-3-12(19)4-2-10)7-11(9-20-17)14-8-13-5-6-16(14)21-13/h1-4,7,9,13-14,16,21H,5-6,8H2/t13-,14+,16+/m0/s1. The van der Waals surface area contributed by atoms with Gasteiger partial charge in [-0.2, -0.15) is 0 Å². The molecular weight excluding hydrogens is 287 g/mol. The Hall–Kier alpha value is -1.45. The van der Waals surface area contributed by atoms with Crippen molar-refractivity contribution in [2.75, 3.05) is 0 Å². The van der Waals surface area contributed by atoms with Crippen LogP contribution < -0.4 is 5.32 Å². The minimum Gasteiger partial charge on any atom is -0.311 e. The largest absolute Gasteiger partial charge is 0.311 e. The molecule has 2 nitrogen and oxygen atoms in total. The summed E-state index contributed by atoms with van der Waals surface area (Å²) < 4.78 is 13.1. The third-order valence-electron chi connectivity index (χ3n) is 4.74. The van der Waals surface area contributed by atoms with Gasteiger partial charge in [-0.15, -0.1) is 0 Å². The van der Waals surface area contributed by atoms with Crippen molar-refractivity contribution in [3.63, 3.8) is 0 Å². The molecule has 2 aromatic rings. The first-order valence-corrected chi connectivity index (χ1v) is 7.76. The molecule has 21 heavy (non-hydrogen) atoms. The first-order valence-electron chi connectivity index (χ1n) is 7.38. The maximum Gasteiger partial charge on any atom is 0.136 e. The molecule has 0 spiro atoms. The number of hydrogen-bond donors (Lipinski definition) is 1. The Balaban J connectivity index is 1.71. The molecule has 4 heteroatoms. The predicted octanol–water partition coefficient (Wildman–Crippen LogP) is 4.15. The van der Waals surface area contributed by atoms with Crippen LogP contribution >= 0.6 is 11.6 Å². The van der Waals surface area contributed by atoms with E-state index in [1.807, 2.05) is 6.20 Å². The highest BCUT2D eigenvalue weighted by molar-refractivity contribution is 6.32. The van der Waals surface area contributed by atoms with E-state index in [4.69, 9.17) is 11.6 Å². The van der Waals surface area contributed by atoms with Gasteiger partial charge in [-0.05, 0) is 48.6 Å². The molecule has 2 bridgehead atoms. The fraction of sp³-hybridized carbons (Fsp3) is 0.353. The zero-order chi connectivity index (χ0) is 14.4. The second-order valence-electron chi connectivity index (χ2n) is 6.00. The normalized spacial score (nSPS) is 27.2. The highest BCUT2D eigenvalue weighted by Gasteiger charge is 2.39. The topological polar surface area (TPSA) is 24.9 Å². The zero-order valence-corrected chi connectivity index (χ0v) is 12.3. The van der Waals surface area contributed by atoms with E-state index in [1.54, 1.807) is 12.1 Å². The van der Waals surface area contributed by atoms with Crippen LogP contribution in [0.2, 0.25) is 5.15 Å². The summed E-state index contributed by atoms with van der Waals surface area (Å²) >= 11 is 6.24. The Morgan fingerprint density at radius 2 is 2.00 bits per heavy atom. The van der Waals surface area contributed by atoms with Crippen LogP contribution in [-0.2, 0) is 0 Å². The number of aromatic nitrogens is 1. The van der Waals surface area contributed by atoms with Gasteiger partial charge in [-0.3, -0.25) is 0 Å². The Morgan fingerprint density at radius 3 is 2.67 bits per heavy atom. The zero-order valence-electron chi connectivity index (χ0n) is 11.5. The average Bonchev–Trinajstić information content (AvgIpc) is 3.12. The quantitative estimate of drug-likeness (QED) is 0.843. The number of nitrogens with zero attached hydrogens (tertiary/aromatic N) is 1. The van der Waals surface area contributed by atoms with E-state index in [-0.39, 0.29) is 5.82 Å². The van der Waals surface area contributed by atoms with Crippen LogP contribution in [0.3, 0.4) is 0 Å². The Labute approximate surface area is 128 Å². The fourth-order valence-corrected chi connectivity index (χ4v) is 3.90. The maximum absolute atomic E-state index is 13.1. The van der Waals surface area contributed by atoms with Crippen LogP contribution in [0.15, 0.2) is 36.5 Å². The highest BCUT2D eigenvalue weighted by Crippen LogP contribution is 2.41. The molecule has 3 heterocycles. The molecule has 2 aliphatic rings. The number of fused-ring (bicyclic) bond motifs is 2. The second kappa shape index (κ2) is 5.08. The second-order valence-corrected chi connectivity index (χ2v) is 6.36. The molecule has 0 aliphatic carbocycles. The molecule has 1 N–H and O–H groups in total. The Bertz CT molecular complexity index is 671. The molecule has 3 atom stereocenters. The molecule has 2 saturated heterocycles. The molecule has 0 amide bonds. The van der Waals surface area contributed by atoms with Crippen molar-refractivity contribution in [2.45, 2.75) is 37.3 Å². The van der Waals surface area contributed by atoms with E-state index in [0.29, 0.717) is 23.2 Å². The fourth-order valence-electron chi connectivity index (χ4n) is 3.69. The minimum atomic E-state index is -0.240. The van der Waals surface area contributed by atoms with Gasteiger partial charge < -0.3 is 5.32 Å².